The molecule has 0 N–H and O–H groups in total. The Morgan fingerprint density at radius 2 is 1.00 bits per heavy atom. The summed E-state index contributed by atoms with van der Waals surface area (Å²) in [6.45, 7) is 7.28. The molecule has 0 amide bonds. The monoisotopic (exact) mass is 550 g/mol. The highest BCUT2D eigenvalue weighted by Gasteiger charge is 2.12. The van der Waals surface area contributed by atoms with Gasteiger partial charge in [-0.2, -0.15) is 0 Å². The Labute approximate surface area is 246 Å². The highest BCUT2D eigenvalue weighted by atomic mass is 16.5. The van der Waals surface area contributed by atoms with Crippen molar-refractivity contribution in [3.05, 3.63) is 54.1 Å². The van der Waals surface area contributed by atoms with Gasteiger partial charge in [0.25, 0.3) is 0 Å². The van der Waals surface area contributed by atoms with Crippen LogP contribution in [0.3, 0.4) is 0 Å². The van der Waals surface area contributed by atoms with Gasteiger partial charge in [-0.15, -0.1) is 0 Å². The molecule has 0 aliphatic rings. The fourth-order valence-electron chi connectivity index (χ4n) is 5.20. The molecule has 1 atom stereocenters. The van der Waals surface area contributed by atoms with Crippen molar-refractivity contribution in [2.75, 3.05) is 6.61 Å². The molecule has 0 bridgehead atoms. The normalized spacial score (nSPS) is 11.9. The van der Waals surface area contributed by atoms with E-state index in [9.17, 15) is 4.79 Å². The maximum Gasteiger partial charge on any atom is 0.306 e. The SMILES string of the molecule is CCCCCCCCCCCCCC(=O)OC(C)c1ccc(-c2ccc(OCCCCCCCCC)cc2)cc1. The third-order valence-electron chi connectivity index (χ3n) is 7.88. The summed E-state index contributed by atoms with van der Waals surface area (Å²) in [4.78, 5) is 12.3. The minimum atomic E-state index is -0.225. The fraction of sp³-hybridized carbons (Fsp3) is 0.649. The van der Waals surface area contributed by atoms with Gasteiger partial charge in [0.1, 0.15) is 11.9 Å². The number of rotatable bonds is 24. The first-order valence-corrected chi connectivity index (χ1v) is 16.7. The van der Waals surface area contributed by atoms with E-state index >= 15 is 0 Å². The predicted octanol–water partition coefficient (Wildman–Crippen LogP) is 11.8. The molecule has 1 unspecified atom stereocenters. The van der Waals surface area contributed by atoms with Gasteiger partial charge in [-0.1, -0.05) is 153 Å². The van der Waals surface area contributed by atoms with Crippen LogP contribution in [-0.4, -0.2) is 12.6 Å². The van der Waals surface area contributed by atoms with Crippen molar-refractivity contribution < 1.29 is 14.3 Å². The lowest BCUT2D eigenvalue weighted by Crippen LogP contribution is -2.08. The van der Waals surface area contributed by atoms with E-state index in [1.807, 2.05) is 6.92 Å². The van der Waals surface area contributed by atoms with E-state index in [0.717, 1.165) is 48.3 Å². The van der Waals surface area contributed by atoms with Gasteiger partial charge in [-0.05, 0) is 48.6 Å². The molecular formula is C37H58O3. The fourth-order valence-corrected chi connectivity index (χ4v) is 5.20. The van der Waals surface area contributed by atoms with Gasteiger partial charge in [0.2, 0.25) is 0 Å². The third-order valence-corrected chi connectivity index (χ3v) is 7.88. The van der Waals surface area contributed by atoms with Gasteiger partial charge in [0.15, 0.2) is 0 Å². The molecule has 0 fully saturated rings. The van der Waals surface area contributed by atoms with E-state index < -0.39 is 0 Å². The molecule has 2 rings (SSSR count). The minimum Gasteiger partial charge on any atom is -0.494 e. The van der Waals surface area contributed by atoms with Crippen molar-refractivity contribution in [2.24, 2.45) is 0 Å². The van der Waals surface area contributed by atoms with E-state index in [0.29, 0.717) is 6.42 Å². The van der Waals surface area contributed by atoms with E-state index in [-0.39, 0.29) is 12.1 Å². The molecule has 2 aromatic carbocycles. The van der Waals surface area contributed by atoms with Gasteiger partial charge < -0.3 is 9.47 Å². The summed E-state index contributed by atoms with van der Waals surface area (Å²) in [6.07, 6.45) is 23.5. The van der Waals surface area contributed by atoms with Crippen LogP contribution in [0.5, 0.6) is 5.75 Å². The van der Waals surface area contributed by atoms with Gasteiger partial charge in [0.05, 0.1) is 6.61 Å². The lowest BCUT2D eigenvalue weighted by Gasteiger charge is -2.14. The number of hydrogen-bond acceptors (Lipinski definition) is 3. The number of ether oxygens (including phenoxy) is 2. The zero-order chi connectivity index (χ0) is 28.7. The van der Waals surface area contributed by atoms with Crippen LogP contribution in [0.25, 0.3) is 11.1 Å². The predicted molar refractivity (Wildman–Crippen MR) is 171 cm³/mol. The topological polar surface area (TPSA) is 35.5 Å². The summed E-state index contributed by atoms with van der Waals surface area (Å²) in [6, 6.07) is 16.7. The molecule has 0 radical (unpaired) electrons. The summed E-state index contributed by atoms with van der Waals surface area (Å²) in [5.41, 5.74) is 3.35. The average molecular weight is 551 g/mol. The van der Waals surface area contributed by atoms with Crippen LogP contribution >= 0.6 is 0 Å². The van der Waals surface area contributed by atoms with E-state index in [1.54, 1.807) is 0 Å². The molecule has 0 spiro atoms. The molecule has 0 heterocycles. The van der Waals surface area contributed by atoms with Gasteiger partial charge in [-0.3, -0.25) is 4.79 Å². The van der Waals surface area contributed by atoms with E-state index in [1.165, 1.54) is 96.3 Å². The lowest BCUT2D eigenvalue weighted by atomic mass is 10.0. The van der Waals surface area contributed by atoms with Gasteiger partial charge in [0, 0.05) is 6.42 Å². The van der Waals surface area contributed by atoms with Crippen LogP contribution in [0, 0.1) is 0 Å². The molecule has 2 aromatic rings. The van der Waals surface area contributed by atoms with Crippen molar-refractivity contribution in [3.8, 4) is 16.9 Å². The summed E-state index contributed by atoms with van der Waals surface area (Å²) < 4.78 is 11.6. The second kappa shape index (κ2) is 22.4. The Hall–Kier alpha value is -2.29. The van der Waals surface area contributed by atoms with Crippen LogP contribution in [0.15, 0.2) is 48.5 Å². The molecule has 3 heteroatoms. The standard InChI is InChI=1S/C37H58O3/c1-4-6-8-10-12-13-14-15-16-18-20-22-37(38)40-32(3)33-23-25-34(26-24-33)35-27-29-36(30-28-35)39-31-21-19-17-11-9-7-5-2/h23-30,32H,4-22,31H2,1-3H3. The second-order valence-electron chi connectivity index (χ2n) is 11.5. The number of carbonyl (C=O) groups is 1. The lowest BCUT2D eigenvalue weighted by molar-refractivity contribution is -0.148. The molecule has 0 saturated heterocycles. The first kappa shape index (κ1) is 33.9. The average Bonchev–Trinajstić information content (AvgIpc) is 2.97. The number of unbranched alkanes of at least 4 members (excludes halogenated alkanes) is 16. The molecule has 224 valence electrons. The zero-order valence-corrected chi connectivity index (χ0v) is 26.1. The zero-order valence-electron chi connectivity index (χ0n) is 26.1. The first-order valence-electron chi connectivity index (χ1n) is 16.7. The molecule has 0 aliphatic heterocycles. The van der Waals surface area contributed by atoms with Gasteiger partial charge in [-0.25, -0.2) is 0 Å². The Bertz CT molecular complexity index is 871. The quantitative estimate of drug-likeness (QED) is 0.0963. The highest BCUT2D eigenvalue weighted by molar-refractivity contribution is 5.70. The minimum absolute atomic E-state index is 0.0837. The van der Waals surface area contributed by atoms with Crippen LogP contribution in [0.2, 0.25) is 0 Å². The summed E-state index contributed by atoms with van der Waals surface area (Å²) in [5.74, 6) is 0.851. The van der Waals surface area contributed by atoms with Crippen molar-refractivity contribution in [1.82, 2.24) is 0 Å². The maximum atomic E-state index is 12.3. The summed E-state index contributed by atoms with van der Waals surface area (Å²) in [7, 11) is 0. The first-order chi connectivity index (χ1) is 19.6. The Morgan fingerprint density at radius 1 is 0.575 bits per heavy atom. The van der Waals surface area contributed by atoms with Gasteiger partial charge >= 0.3 is 5.97 Å². The van der Waals surface area contributed by atoms with Crippen LogP contribution < -0.4 is 4.74 Å². The molecule has 3 nitrogen and oxygen atoms in total. The largest absolute Gasteiger partial charge is 0.494 e. The van der Waals surface area contributed by atoms with E-state index in [4.69, 9.17) is 9.47 Å². The number of carbonyl (C=O) groups excluding carboxylic acids is 1. The third kappa shape index (κ3) is 15.5. The molecule has 0 aliphatic carbocycles. The van der Waals surface area contributed by atoms with Crippen molar-refractivity contribution >= 4 is 5.97 Å². The summed E-state index contributed by atoms with van der Waals surface area (Å²) in [5, 5.41) is 0. The number of esters is 1. The molecule has 0 saturated carbocycles. The van der Waals surface area contributed by atoms with Crippen LogP contribution in [-0.2, 0) is 9.53 Å². The maximum absolute atomic E-state index is 12.3. The van der Waals surface area contributed by atoms with Crippen molar-refractivity contribution in [1.29, 1.82) is 0 Å². The highest BCUT2D eigenvalue weighted by Crippen LogP contribution is 2.26. The van der Waals surface area contributed by atoms with Crippen LogP contribution in [0.1, 0.15) is 154 Å². The Kier molecular flexibility index (Phi) is 19.0. The summed E-state index contributed by atoms with van der Waals surface area (Å²) >= 11 is 0. The van der Waals surface area contributed by atoms with Crippen molar-refractivity contribution in [3.63, 3.8) is 0 Å². The number of benzene rings is 2. The van der Waals surface area contributed by atoms with Crippen LogP contribution in [0.4, 0.5) is 0 Å². The van der Waals surface area contributed by atoms with E-state index in [2.05, 4.69) is 62.4 Å². The number of hydrogen-bond donors (Lipinski definition) is 0. The Morgan fingerprint density at radius 3 is 1.50 bits per heavy atom. The molecular weight excluding hydrogens is 492 g/mol. The second-order valence-corrected chi connectivity index (χ2v) is 11.5. The molecule has 40 heavy (non-hydrogen) atoms. The van der Waals surface area contributed by atoms with Crippen molar-refractivity contribution in [2.45, 2.75) is 149 Å². The smallest absolute Gasteiger partial charge is 0.306 e. The Balaban J connectivity index is 1.59. The molecule has 0 aromatic heterocycles.